The third-order valence-corrected chi connectivity index (χ3v) is 4.80. The molecule has 2 atom stereocenters. The third-order valence-electron chi connectivity index (χ3n) is 4.80. The van der Waals surface area contributed by atoms with Crippen LogP contribution in [0.25, 0.3) is 0 Å². The van der Waals surface area contributed by atoms with Gasteiger partial charge in [-0.25, -0.2) is 0 Å². The lowest BCUT2D eigenvalue weighted by Crippen LogP contribution is -2.40. The van der Waals surface area contributed by atoms with Crippen molar-refractivity contribution in [1.29, 1.82) is 0 Å². The molecule has 1 aromatic rings. The molecule has 4 nitrogen and oxygen atoms in total. The van der Waals surface area contributed by atoms with Crippen molar-refractivity contribution in [1.82, 2.24) is 15.2 Å². The Kier molecular flexibility index (Phi) is 3.94. The van der Waals surface area contributed by atoms with Gasteiger partial charge in [0.05, 0.1) is 12.8 Å². The van der Waals surface area contributed by atoms with Gasteiger partial charge < -0.3 is 10.1 Å². The number of hydrogen-bond acceptors (Lipinski definition) is 4. The van der Waals surface area contributed by atoms with E-state index in [2.05, 4.69) is 29.0 Å². The maximum atomic E-state index is 5.50. The number of ether oxygens (including phenoxy) is 1. The lowest BCUT2D eigenvalue weighted by Gasteiger charge is -2.24. The van der Waals surface area contributed by atoms with Gasteiger partial charge in [0.15, 0.2) is 0 Å². The Morgan fingerprint density at radius 1 is 1.40 bits per heavy atom. The van der Waals surface area contributed by atoms with E-state index in [1.54, 1.807) is 7.11 Å². The predicted octanol–water partition coefficient (Wildman–Crippen LogP) is 1.89. The smallest absolute Gasteiger partial charge is 0.128 e. The molecule has 0 aromatic carbocycles. The summed E-state index contributed by atoms with van der Waals surface area (Å²) < 4.78 is 5.50. The minimum absolute atomic E-state index is 0.691. The van der Waals surface area contributed by atoms with Crippen LogP contribution in [-0.2, 0) is 6.54 Å². The van der Waals surface area contributed by atoms with Crippen molar-refractivity contribution in [2.75, 3.05) is 26.7 Å². The highest BCUT2D eigenvalue weighted by Crippen LogP contribution is 2.28. The average molecular weight is 275 g/mol. The fourth-order valence-electron chi connectivity index (χ4n) is 3.71. The van der Waals surface area contributed by atoms with Crippen LogP contribution in [0, 0.1) is 19.8 Å². The van der Waals surface area contributed by atoms with Crippen molar-refractivity contribution < 1.29 is 4.74 Å². The van der Waals surface area contributed by atoms with Crippen LogP contribution in [0.3, 0.4) is 0 Å². The van der Waals surface area contributed by atoms with Crippen molar-refractivity contribution in [3.8, 4) is 5.75 Å². The summed E-state index contributed by atoms with van der Waals surface area (Å²) in [5.74, 6) is 1.82. The lowest BCUT2D eigenvalue weighted by molar-refractivity contribution is 0.307. The molecule has 2 aliphatic rings. The summed E-state index contributed by atoms with van der Waals surface area (Å²) in [6.07, 6.45) is 4.63. The van der Waals surface area contributed by atoms with Gasteiger partial charge in [-0.3, -0.25) is 9.88 Å². The van der Waals surface area contributed by atoms with Crippen LogP contribution in [0.5, 0.6) is 5.75 Å². The van der Waals surface area contributed by atoms with E-state index < -0.39 is 0 Å². The summed E-state index contributed by atoms with van der Waals surface area (Å²) >= 11 is 0. The van der Waals surface area contributed by atoms with Gasteiger partial charge in [0.25, 0.3) is 0 Å². The Morgan fingerprint density at radius 2 is 2.25 bits per heavy atom. The van der Waals surface area contributed by atoms with Crippen molar-refractivity contribution in [2.24, 2.45) is 5.92 Å². The van der Waals surface area contributed by atoms with E-state index in [-0.39, 0.29) is 0 Å². The molecule has 1 N–H and O–H groups in total. The van der Waals surface area contributed by atoms with Crippen LogP contribution in [0.4, 0.5) is 0 Å². The topological polar surface area (TPSA) is 37.4 Å². The van der Waals surface area contributed by atoms with Gasteiger partial charge in [-0.1, -0.05) is 0 Å². The first-order valence-electron chi connectivity index (χ1n) is 7.64. The summed E-state index contributed by atoms with van der Waals surface area (Å²) in [4.78, 5) is 7.16. The predicted molar refractivity (Wildman–Crippen MR) is 80.1 cm³/mol. The number of aromatic nitrogens is 1. The zero-order valence-corrected chi connectivity index (χ0v) is 12.8. The second-order valence-electron chi connectivity index (χ2n) is 6.20. The van der Waals surface area contributed by atoms with Crippen molar-refractivity contribution in [3.63, 3.8) is 0 Å². The van der Waals surface area contributed by atoms with E-state index in [0.717, 1.165) is 36.0 Å². The molecule has 3 heterocycles. The molecule has 20 heavy (non-hydrogen) atoms. The highest BCUT2D eigenvalue weighted by molar-refractivity contribution is 5.41. The molecular weight excluding hydrogens is 250 g/mol. The van der Waals surface area contributed by atoms with Crippen LogP contribution in [0.2, 0.25) is 0 Å². The standard InChI is InChI=1S/C16H25N3O/c1-11-7-18-14(12(2)16(11)20-3)9-19-8-13-5-4-6-17-15(13)10-19/h7,13,15,17H,4-6,8-10H2,1-3H3/t13-,15+/m0/s1. The normalized spacial score (nSPS) is 26.6. The molecule has 0 bridgehead atoms. The first-order valence-corrected chi connectivity index (χ1v) is 7.64. The van der Waals surface area contributed by atoms with Gasteiger partial charge in [0.1, 0.15) is 5.75 Å². The Bertz CT molecular complexity index is 475. The van der Waals surface area contributed by atoms with Crippen LogP contribution < -0.4 is 10.1 Å². The molecule has 1 aromatic heterocycles. The van der Waals surface area contributed by atoms with Crippen LogP contribution >= 0.6 is 0 Å². The molecule has 2 saturated heterocycles. The van der Waals surface area contributed by atoms with E-state index in [0.29, 0.717) is 6.04 Å². The molecule has 0 spiro atoms. The van der Waals surface area contributed by atoms with Gasteiger partial charge in [-0.05, 0) is 39.2 Å². The zero-order valence-electron chi connectivity index (χ0n) is 12.8. The molecule has 0 aliphatic carbocycles. The Balaban J connectivity index is 1.72. The molecule has 0 saturated carbocycles. The molecule has 4 heteroatoms. The zero-order chi connectivity index (χ0) is 14.1. The van der Waals surface area contributed by atoms with Crippen LogP contribution in [0.1, 0.15) is 29.7 Å². The monoisotopic (exact) mass is 275 g/mol. The second kappa shape index (κ2) is 5.70. The number of pyridine rings is 1. The largest absolute Gasteiger partial charge is 0.496 e. The van der Waals surface area contributed by atoms with E-state index >= 15 is 0 Å². The average Bonchev–Trinajstić information content (AvgIpc) is 2.85. The SMILES string of the molecule is COc1c(C)cnc(CN2C[C@@H]3CCCN[C@@H]3C2)c1C. The molecule has 3 rings (SSSR count). The summed E-state index contributed by atoms with van der Waals surface area (Å²) in [6, 6.07) is 0.691. The third kappa shape index (κ3) is 2.54. The summed E-state index contributed by atoms with van der Waals surface area (Å²) in [6.45, 7) is 8.66. The van der Waals surface area contributed by atoms with Crippen molar-refractivity contribution in [3.05, 3.63) is 23.0 Å². The quantitative estimate of drug-likeness (QED) is 0.914. The number of methoxy groups -OCH3 is 1. The minimum Gasteiger partial charge on any atom is -0.496 e. The number of aryl methyl sites for hydroxylation is 1. The minimum atomic E-state index is 0.691. The highest BCUT2D eigenvalue weighted by atomic mass is 16.5. The Labute approximate surface area is 121 Å². The summed E-state index contributed by atoms with van der Waals surface area (Å²) in [7, 11) is 1.74. The number of nitrogens with one attached hydrogen (secondary N) is 1. The van der Waals surface area contributed by atoms with E-state index in [1.165, 1.54) is 31.5 Å². The van der Waals surface area contributed by atoms with Gasteiger partial charge in [0, 0.05) is 43.0 Å². The van der Waals surface area contributed by atoms with Crippen LogP contribution in [0.15, 0.2) is 6.20 Å². The van der Waals surface area contributed by atoms with E-state index in [9.17, 15) is 0 Å². The number of rotatable bonds is 3. The molecule has 0 amide bonds. The number of hydrogen-bond donors (Lipinski definition) is 1. The summed E-state index contributed by atoms with van der Waals surface area (Å²) in [5.41, 5.74) is 3.46. The van der Waals surface area contributed by atoms with Gasteiger partial charge in [-0.2, -0.15) is 0 Å². The number of nitrogens with zero attached hydrogens (tertiary/aromatic N) is 2. The van der Waals surface area contributed by atoms with Crippen LogP contribution in [-0.4, -0.2) is 42.7 Å². The maximum absolute atomic E-state index is 5.50. The lowest BCUT2D eigenvalue weighted by atomic mass is 9.94. The number of piperidine rings is 1. The molecule has 110 valence electrons. The van der Waals surface area contributed by atoms with E-state index in [4.69, 9.17) is 4.74 Å². The first kappa shape index (κ1) is 13.8. The molecule has 0 unspecified atom stereocenters. The maximum Gasteiger partial charge on any atom is 0.128 e. The number of fused-ring (bicyclic) bond motifs is 1. The molecule has 2 aliphatic heterocycles. The fourth-order valence-corrected chi connectivity index (χ4v) is 3.71. The van der Waals surface area contributed by atoms with E-state index in [1.807, 2.05) is 6.20 Å². The number of likely N-dealkylation sites (tertiary alicyclic amines) is 1. The second-order valence-corrected chi connectivity index (χ2v) is 6.20. The summed E-state index contributed by atoms with van der Waals surface area (Å²) in [5, 5.41) is 3.66. The Hall–Kier alpha value is -1.13. The van der Waals surface area contributed by atoms with Gasteiger partial charge in [0.2, 0.25) is 0 Å². The van der Waals surface area contributed by atoms with Crippen molar-refractivity contribution >= 4 is 0 Å². The fraction of sp³-hybridized carbons (Fsp3) is 0.688. The van der Waals surface area contributed by atoms with Gasteiger partial charge >= 0.3 is 0 Å². The first-order chi connectivity index (χ1) is 9.69. The highest BCUT2D eigenvalue weighted by Gasteiger charge is 2.34. The Morgan fingerprint density at radius 3 is 3.00 bits per heavy atom. The molecule has 0 radical (unpaired) electrons. The molecule has 2 fully saturated rings. The molecular formula is C16H25N3O. The van der Waals surface area contributed by atoms with Gasteiger partial charge in [-0.15, -0.1) is 0 Å². The van der Waals surface area contributed by atoms with Crippen molar-refractivity contribution in [2.45, 2.75) is 39.3 Å².